The molecule has 2 N–H and O–H groups in total. The number of rotatable bonds is 12. The van der Waals surface area contributed by atoms with Crippen LogP contribution in [-0.4, -0.2) is 49.7 Å². The smallest absolute Gasteiger partial charge is 0.0897 e. The number of hydrogen-bond donors (Lipinski definition) is 2. The lowest BCUT2D eigenvalue weighted by atomic mass is 10.1. The highest BCUT2D eigenvalue weighted by Gasteiger charge is 2.08. The topological polar surface area (TPSA) is 50.7 Å². The quantitative estimate of drug-likeness (QED) is 0.527. The second-order valence-corrected chi connectivity index (χ2v) is 4.95. The molecule has 110 valence electrons. The third kappa shape index (κ3) is 11.0. The minimum absolute atomic E-state index is 0.236. The molecule has 0 aliphatic carbocycles. The Bertz CT molecular complexity index is 176. The Morgan fingerprint density at radius 3 is 2.44 bits per heavy atom. The fraction of sp³-hybridized carbons (Fsp3) is 1.00. The predicted octanol–water partition coefficient (Wildman–Crippen LogP) is 1.96. The third-order valence-electron chi connectivity index (χ3n) is 2.76. The molecule has 0 aromatic carbocycles. The molecule has 0 fully saturated rings. The van der Waals surface area contributed by atoms with Gasteiger partial charge in [-0.1, -0.05) is 20.3 Å². The Balaban J connectivity index is 3.44. The van der Waals surface area contributed by atoms with Crippen LogP contribution < -0.4 is 5.32 Å². The lowest BCUT2D eigenvalue weighted by Gasteiger charge is -2.19. The van der Waals surface area contributed by atoms with Crippen LogP contribution in [0.4, 0.5) is 0 Å². The number of aliphatic hydroxyl groups excluding tert-OH is 1. The van der Waals surface area contributed by atoms with Gasteiger partial charge in [-0.2, -0.15) is 0 Å². The average molecular weight is 261 g/mol. The van der Waals surface area contributed by atoms with Crippen molar-refractivity contribution in [3.05, 3.63) is 0 Å². The highest BCUT2D eigenvalue weighted by atomic mass is 16.5. The van der Waals surface area contributed by atoms with E-state index in [-0.39, 0.29) is 6.10 Å². The van der Waals surface area contributed by atoms with E-state index < -0.39 is 6.10 Å². The van der Waals surface area contributed by atoms with Crippen LogP contribution in [0.1, 0.15) is 47.0 Å². The third-order valence-corrected chi connectivity index (χ3v) is 2.76. The van der Waals surface area contributed by atoms with E-state index in [0.29, 0.717) is 32.4 Å². The van der Waals surface area contributed by atoms with Crippen LogP contribution in [0.15, 0.2) is 0 Å². The van der Waals surface area contributed by atoms with Crippen molar-refractivity contribution in [2.75, 3.05) is 26.4 Å². The molecule has 0 aromatic heterocycles. The van der Waals surface area contributed by atoms with Gasteiger partial charge < -0.3 is 19.9 Å². The maximum atomic E-state index is 9.74. The van der Waals surface area contributed by atoms with E-state index in [9.17, 15) is 5.11 Å². The predicted molar refractivity (Wildman–Crippen MR) is 74.9 cm³/mol. The Morgan fingerprint density at radius 1 is 1.17 bits per heavy atom. The molecule has 2 atom stereocenters. The van der Waals surface area contributed by atoms with Crippen LogP contribution in [-0.2, 0) is 9.47 Å². The Kier molecular flexibility index (Phi) is 11.8. The van der Waals surface area contributed by atoms with Gasteiger partial charge in [-0.25, -0.2) is 0 Å². The molecule has 0 spiro atoms. The highest BCUT2D eigenvalue weighted by Crippen LogP contribution is 2.00. The van der Waals surface area contributed by atoms with Gasteiger partial charge in [0.15, 0.2) is 0 Å². The van der Waals surface area contributed by atoms with Crippen LogP contribution in [0, 0.1) is 0 Å². The molecule has 0 radical (unpaired) electrons. The van der Waals surface area contributed by atoms with Gasteiger partial charge in [0.1, 0.15) is 0 Å². The molecule has 18 heavy (non-hydrogen) atoms. The Morgan fingerprint density at radius 2 is 1.89 bits per heavy atom. The first-order valence-corrected chi connectivity index (χ1v) is 7.20. The molecule has 0 aliphatic rings. The van der Waals surface area contributed by atoms with E-state index in [1.54, 1.807) is 0 Å². The first-order valence-electron chi connectivity index (χ1n) is 7.20. The van der Waals surface area contributed by atoms with Gasteiger partial charge >= 0.3 is 0 Å². The standard InChI is InChI=1S/C14H31NO3/c1-5-7-13(6-2)15-10-14(16)11-17-8-9-18-12(3)4/h12-16H,5-11H2,1-4H3. The molecule has 4 heteroatoms. The van der Waals surface area contributed by atoms with E-state index in [0.717, 1.165) is 12.8 Å². The van der Waals surface area contributed by atoms with Gasteiger partial charge in [-0.3, -0.25) is 0 Å². The lowest BCUT2D eigenvalue weighted by Crippen LogP contribution is -2.37. The molecule has 2 unspecified atom stereocenters. The minimum atomic E-state index is -0.435. The summed E-state index contributed by atoms with van der Waals surface area (Å²) in [5.74, 6) is 0. The van der Waals surface area contributed by atoms with Crippen LogP contribution >= 0.6 is 0 Å². The van der Waals surface area contributed by atoms with Crippen molar-refractivity contribution in [1.29, 1.82) is 0 Å². The van der Waals surface area contributed by atoms with Gasteiger partial charge in [0, 0.05) is 12.6 Å². The summed E-state index contributed by atoms with van der Waals surface area (Å²) < 4.78 is 10.7. The molecule has 0 bridgehead atoms. The van der Waals surface area contributed by atoms with Crippen LogP contribution in [0.3, 0.4) is 0 Å². The van der Waals surface area contributed by atoms with E-state index >= 15 is 0 Å². The van der Waals surface area contributed by atoms with Gasteiger partial charge in [-0.15, -0.1) is 0 Å². The monoisotopic (exact) mass is 261 g/mol. The van der Waals surface area contributed by atoms with Gasteiger partial charge in [0.25, 0.3) is 0 Å². The summed E-state index contributed by atoms with van der Waals surface area (Å²) in [5, 5.41) is 13.1. The summed E-state index contributed by atoms with van der Waals surface area (Å²) >= 11 is 0. The van der Waals surface area contributed by atoms with Gasteiger partial charge in [-0.05, 0) is 26.7 Å². The zero-order valence-electron chi connectivity index (χ0n) is 12.4. The summed E-state index contributed by atoms with van der Waals surface area (Å²) in [6, 6.07) is 0.508. The van der Waals surface area contributed by atoms with E-state index in [1.807, 2.05) is 13.8 Å². The second-order valence-electron chi connectivity index (χ2n) is 4.95. The van der Waals surface area contributed by atoms with Crippen molar-refractivity contribution in [2.24, 2.45) is 0 Å². The van der Waals surface area contributed by atoms with Gasteiger partial charge in [0.05, 0.1) is 32.0 Å². The lowest BCUT2D eigenvalue weighted by molar-refractivity contribution is -0.0105. The number of nitrogens with one attached hydrogen (secondary N) is 1. The summed E-state index contributed by atoms with van der Waals surface area (Å²) in [7, 11) is 0. The highest BCUT2D eigenvalue weighted by molar-refractivity contribution is 4.67. The molecule has 0 rings (SSSR count). The van der Waals surface area contributed by atoms with Gasteiger partial charge in [0.2, 0.25) is 0 Å². The summed E-state index contributed by atoms with van der Waals surface area (Å²) in [6.45, 7) is 10.4. The number of hydrogen-bond acceptors (Lipinski definition) is 4. The van der Waals surface area contributed by atoms with Crippen molar-refractivity contribution in [1.82, 2.24) is 5.32 Å². The molecule has 0 aromatic rings. The summed E-state index contributed by atoms with van der Waals surface area (Å²) in [4.78, 5) is 0. The number of aliphatic hydroxyl groups is 1. The van der Waals surface area contributed by atoms with Crippen molar-refractivity contribution in [3.8, 4) is 0 Å². The van der Waals surface area contributed by atoms with E-state index in [4.69, 9.17) is 9.47 Å². The molecule has 0 heterocycles. The Hall–Kier alpha value is -0.160. The van der Waals surface area contributed by atoms with Crippen molar-refractivity contribution in [2.45, 2.75) is 65.2 Å². The second kappa shape index (κ2) is 11.9. The van der Waals surface area contributed by atoms with Crippen molar-refractivity contribution in [3.63, 3.8) is 0 Å². The first kappa shape index (κ1) is 17.8. The fourth-order valence-corrected chi connectivity index (χ4v) is 1.72. The number of ether oxygens (including phenoxy) is 2. The summed E-state index contributed by atoms with van der Waals surface area (Å²) in [6.07, 6.45) is 3.23. The average Bonchev–Trinajstić information content (AvgIpc) is 2.33. The zero-order valence-corrected chi connectivity index (χ0v) is 12.4. The van der Waals surface area contributed by atoms with Crippen LogP contribution in [0.25, 0.3) is 0 Å². The fourth-order valence-electron chi connectivity index (χ4n) is 1.72. The molecule has 0 amide bonds. The Labute approximate surface area is 112 Å². The molecule has 4 nitrogen and oxygen atoms in total. The largest absolute Gasteiger partial charge is 0.389 e. The maximum absolute atomic E-state index is 9.74. The SMILES string of the molecule is CCCC(CC)NCC(O)COCCOC(C)C. The van der Waals surface area contributed by atoms with E-state index in [1.165, 1.54) is 6.42 Å². The van der Waals surface area contributed by atoms with Crippen molar-refractivity contribution >= 4 is 0 Å². The maximum Gasteiger partial charge on any atom is 0.0897 e. The minimum Gasteiger partial charge on any atom is -0.389 e. The molecular weight excluding hydrogens is 230 g/mol. The van der Waals surface area contributed by atoms with E-state index in [2.05, 4.69) is 19.2 Å². The normalized spacial score (nSPS) is 15.0. The van der Waals surface area contributed by atoms with Crippen LogP contribution in [0.5, 0.6) is 0 Å². The van der Waals surface area contributed by atoms with Crippen molar-refractivity contribution < 1.29 is 14.6 Å². The first-order chi connectivity index (χ1) is 8.60. The summed E-state index contributed by atoms with van der Waals surface area (Å²) in [5.41, 5.74) is 0. The van der Waals surface area contributed by atoms with Crippen LogP contribution in [0.2, 0.25) is 0 Å². The molecule has 0 saturated carbocycles. The molecule has 0 aliphatic heterocycles. The molecular formula is C14H31NO3. The molecule has 0 saturated heterocycles. The zero-order chi connectivity index (χ0) is 13.8.